The molecule has 0 saturated carbocycles. The van der Waals surface area contributed by atoms with E-state index in [0.29, 0.717) is 16.0 Å². The van der Waals surface area contributed by atoms with Crippen LogP contribution in [0.25, 0.3) is 0 Å². The Kier molecular flexibility index (Phi) is 10.1. The monoisotopic (exact) mass is 388 g/mol. The molecule has 1 aromatic rings. The summed E-state index contributed by atoms with van der Waals surface area (Å²) in [5.74, 6) is 0.729. The van der Waals surface area contributed by atoms with Gasteiger partial charge in [0, 0.05) is 42.8 Å². The Labute approximate surface area is 155 Å². The number of rotatable bonds is 4. The van der Waals surface area contributed by atoms with E-state index in [2.05, 4.69) is 24.1 Å². The van der Waals surface area contributed by atoms with E-state index >= 15 is 0 Å². The molecule has 1 heterocycles. The lowest BCUT2D eigenvalue weighted by atomic mass is 9.94. The zero-order valence-electron chi connectivity index (χ0n) is 12.8. The normalized spacial score (nSPS) is 16.8. The van der Waals surface area contributed by atoms with Crippen molar-refractivity contribution in [3.05, 3.63) is 27.7 Å². The number of benzene rings is 1. The minimum atomic E-state index is 0. The molecular weight excluding hydrogens is 366 g/mol. The predicted octanol–water partition coefficient (Wildman–Crippen LogP) is 4.54. The van der Waals surface area contributed by atoms with Gasteiger partial charge in [0.15, 0.2) is 0 Å². The van der Waals surface area contributed by atoms with Crippen molar-refractivity contribution >= 4 is 48.0 Å². The molecule has 0 aliphatic carbocycles. The molecule has 0 bridgehead atoms. The third kappa shape index (κ3) is 5.63. The third-order valence-electron chi connectivity index (χ3n) is 3.69. The van der Waals surface area contributed by atoms with Crippen LogP contribution in [0.15, 0.2) is 12.1 Å². The van der Waals surface area contributed by atoms with Crippen LogP contribution in [0, 0.1) is 5.92 Å². The van der Waals surface area contributed by atoms with Crippen LogP contribution in [0.5, 0.6) is 5.75 Å². The number of aromatic hydroxyl groups is 1. The van der Waals surface area contributed by atoms with Gasteiger partial charge in [0.1, 0.15) is 5.75 Å². The SMILES string of the molecule is CC(C)C[C@@H](c1c(O)cc(Cl)cc1Cl)N1CCNCC1.Cl.Cl. The van der Waals surface area contributed by atoms with Crippen molar-refractivity contribution in [1.82, 2.24) is 10.2 Å². The number of nitrogens with zero attached hydrogens (tertiary/aromatic N) is 1. The van der Waals surface area contributed by atoms with Crippen molar-refractivity contribution in [2.75, 3.05) is 26.2 Å². The van der Waals surface area contributed by atoms with Crippen molar-refractivity contribution in [2.24, 2.45) is 5.92 Å². The molecule has 1 atom stereocenters. The summed E-state index contributed by atoms with van der Waals surface area (Å²) in [6, 6.07) is 3.44. The van der Waals surface area contributed by atoms with Crippen LogP contribution < -0.4 is 5.32 Å². The molecule has 0 unspecified atom stereocenters. The fourth-order valence-electron chi connectivity index (χ4n) is 2.79. The first-order chi connectivity index (χ1) is 9.49. The van der Waals surface area contributed by atoms with Crippen LogP contribution in [0.2, 0.25) is 10.0 Å². The molecule has 1 aliphatic heterocycles. The van der Waals surface area contributed by atoms with Crippen LogP contribution >= 0.6 is 48.0 Å². The Balaban J connectivity index is 0.00000220. The lowest BCUT2D eigenvalue weighted by Gasteiger charge is -2.36. The second kappa shape index (κ2) is 10.1. The van der Waals surface area contributed by atoms with Gasteiger partial charge in [-0.05, 0) is 24.5 Å². The average molecular weight is 390 g/mol. The number of hydrogen-bond acceptors (Lipinski definition) is 3. The molecule has 1 fully saturated rings. The third-order valence-corrected chi connectivity index (χ3v) is 4.22. The van der Waals surface area contributed by atoms with Gasteiger partial charge in [0.2, 0.25) is 0 Å². The lowest BCUT2D eigenvalue weighted by Crippen LogP contribution is -2.45. The van der Waals surface area contributed by atoms with Crippen molar-refractivity contribution in [3.63, 3.8) is 0 Å². The van der Waals surface area contributed by atoms with E-state index in [4.69, 9.17) is 23.2 Å². The van der Waals surface area contributed by atoms with E-state index in [-0.39, 0.29) is 36.6 Å². The van der Waals surface area contributed by atoms with E-state index in [9.17, 15) is 5.11 Å². The summed E-state index contributed by atoms with van der Waals surface area (Å²) in [6.07, 6.45) is 0.967. The van der Waals surface area contributed by atoms with Gasteiger partial charge in [-0.2, -0.15) is 0 Å². The average Bonchev–Trinajstić information content (AvgIpc) is 2.37. The summed E-state index contributed by atoms with van der Waals surface area (Å²) < 4.78 is 0. The first kappa shape index (κ1) is 22.1. The maximum atomic E-state index is 10.3. The van der Waals surface area contributed by atoms with Gasteiger partial charge in [0.25, 0.3) is 0 Å². The number of piperazine rings is 1. The van der Waals surface area contributed by atoms with Crippen LogP contribution in [0.1, 0.15) is 31.9 Å². The van der Waals surface area contributed by atoms with Gasteiger partial charge in [-0.25, -0.2) is 0 Å². The standard InChI is InChI=1S/C15H22Cl2N2O.2ClH/c1-10(2)7-13(19-5-3-18-4-6-19)15-12(17)8-11(16)9-14(15)20;;/h8-10,13,18,20H,3-7H2,1-2H3;2*1H/t13-;;/m0../s1. The van der Waals surface area contributed by atoms with Gasteiger partial charge in [-0.15, -0.1) is 24.8 Å². The predicted molar refractivity (Wildman–Crippen MR) is 99.3 cm³/mol. The maximum absolute atomic E-state index is 10.3. The van der Waals surface area contributed by atoms with Crippen molar-refractivity contribution in [2.45, 2.75) is 26.3 Å². The van der Waals surface area contributed by atoms with Crippen LogP contribution in [0.3, 0.4) is 0 Å². The van der Waals surface area contributed by atoms with Crippen molar-refractivity contribution < 1.29 is 5.11 Å². The smallest absolute Gasteiger partial charge is 0.123 e. The molecule has 1 aliphatic rings. The van der Waals surface area contributed by atoms with Crippen LogP contribution in [-0.2, 0) is 0 Å². The molecule has 1 saturated heterocycles. The zero-order chi connectivity index (χ0) is 14.7. The van der Waals surface area contributed by atoms with Crippen LogP contribution in [0.4, 0.5) is 0 Å². The van der Waals surface area contributed by atoms with E-state index in [1.54, 1.807) is 12.1 Å². The number of nitrogens with one attached hydrogen (secondary N) is 1. The Morgan fingerprint density at radius 2 is 1.77 bits per heavy atom. The molecule has 0 amide bonds. The highest BCUT2D eigenvalue weighted by atomic mass is 35.5. The molecule has 1 aromatic carbocycles. The molecule has 0 spiro atoms. The number of phenols is 1. The van der Waals surface area contributed by atoms with Crippen LogP contribution in [-0.4, -0.2) is 36.2 Å². The summed E-state index contributed by atoms with van der Waals surface area (Å²) in [6.45, 7) is 8.26. The van der Waals surface area contributed by atoms with E-state index in [1.165, 1.54) is 0 Å². The summed E-state index contributed by atoms with van der Waals surface area (Å²) in [4.78, 5) is 2.39. The highest BCUT2D eigenvalue weighted by Gasteiger charge is 2.27. The summed E-state index contributed by atoms with van der Waals surface area (Å²) in [5.41, 5.74) is 0.812. The zero-order valence-corrected chi connectivity index (χ0v) is 16.0. The minimum Gasteiger partial charge on any atom is -0.508 e. The fourth-order valence-corrected chi connectivity index (χ4v) is 3.40. The first-order valence-corrected chi connectivity index (χ1v) is 7.87. The second-order valence-corrected chi connectivity index (χ2v) is 6.60. The first-order valence-electron chi connectivity index (χ1n) is 7.11. The highest BCUT2D eigenvalue weighted by molar-refractivity contribution is 6.35. The van der Waals surface area contributed by atoms with Crippen molar-refractivity contribution in [3.8, 4) is 5.75 Å². The summed E-state index contributed by atoms with van der Waals surface area (Å²) in [5, 5.41) is 14.7. The van der Waals surface area contributed by atoms with Gasteiger partial charge in [-0.1, -0.05) is 37.0 Å². The van der Waals surface area contributed by atoms with Gasteiger partial charge in [-0.3, -0.25) is 4.90 Å². The molecule has 2 rings (SSSR count). The minimum absolute atomic E-state index is 0. The molecule has 0 radical (unpaired) electrons. The Hall–Kier alpha value is 0.1000. The summed E-state index contributed by atoms with van der Waals surface area (Å²) in [7, 11) is 0. The largest absolute Gasteiger partial charge is 0.508 e. The molecule has 0 aromatic heterocycles. The Morgan fingerprint density at radius 1 is 1.18 bits per heavy atom. The molecule has 128 valence electrons. The molecule has 3 nitrogen and oxygen atoms in total. The molecular formula is C15H24Cl4N2O. The number of phenolic OH excluding ortho intramolecular Hbond substituents is 1. The molecule has 7 heteroatoms. The number of halogens is 4. The van der Waals surface area contributed by atoms with E-state index in [0.717, 1.165) is 38.2 Å². The van der Waals surface area contributed by atoms with Crippen molar-refractivity contribution in [1.29, 1.82) is 0 Å². The topological polar surface area (TPSA) is 35.5 Å². The molecule has 2 N–H and O–H groups in total. The van der Waals surface area contributed by atoms with Gasteiger partial charge >= 0.3 is 0 Å². The second-order valence-electron chi connectivity index (χ2n) is 5.75. The molecule has 22 heavy (non-hydrogen) atoms. The summed E-state index contributed by atoms with van der Waals surface area (Å²) >= 11 is 12.3. The fraction of sp³-hybridized carbons (Fsp3) is 0.600. The maximum Gasteiger partial charge on any atom is 0.123 e. The Bertz CT molecular complexity index is 442. The van der Waals surface area contributed by atoms with Gasteiger partial charge < -0.3 is 10.4 Å². The quantitative estimate of drug-likeness (QED) is 0.793. The van der Waals surface area contributed by atoms with Gasteiger partial charge in [0.05, 0.1) is 5.02 Å². The highest BCUT2D eigenvalue weighted by Crippen LogP contribution is 2.40. The Morgan fingerprint density at radius 3 is 2.27 bits per heavy atom. The lowest BCUT2D eigenvalue weighted by molar-refractivity contribution is 0.152. The van der Waals surface area contributed by atoms with E-state index < -0.39 is 0 Å². The van der Waals surface area contributed by atoms with E-state index in [1.807, 2.05) is 0 Å². The number of hydrogen-bond donors (Lipinski definition) is 2.